The van der Waals surface area contributed by atoms with Gasteiger partial charge in [0.2, 0.25) is 0 Å². The maximum Gasteiger partial charge on any atom is 0.0462 e. The van der Waals surface area contributed by atoms with Crippen LogP contribution in [0.4, 0.5) is 0 Å². The minimum atomic E-state index is 0.937. The summed E-state index contributed by atoms with van der Waals surface area (Å²) in [5.74, 6) is 3.03. The highest BCUT2D eigenvalue weighted by Crippen LogP contribution is 2.43. The van der Waals surface area contributed by atoms with Crippen molar-refractivity contribution in [3.8, 4) is 0 Å². The van der Waals surface area contributed by atoms with Gasteiger partial charge in [-0.15, -0.1) is 0 Å². The second-order valence-electron chi connectivity index (χ2n) is 4.80. The lowest BCUT2D eigenvalue weighted by molar-refractivity contribution is 0.190. The molecule has 78 valence electrons. The molecule has 1 aliphatic rings. The van der Waals surface area contributed by atoms with E-state index in [1.165, 1.54) is 32.1 Å². The summed E-state index contributed by atoms with van der Waals surface area (Å²) in [4.78, 5) is 0. The number of methoxy groups -OCH3 is 1. The zero-order valence-corrected chi connectivity index (χ0v) is 9.38. The Morgan fingerprint density at radius 1 is 1.38 bits per heavy atom. The van der Waals surface area contributed by atoms with Gasteiger partial charge in [-0.2, -0.15) is 0 Å². The third kappa shape index (κ3) is 4.66. The molecule has 1 saturated carbocycles. The maximum atomic E-state index is 5.03. The lowest BCUT2D eigenvalue weighted by Crippen LogP contribution is -1.98. The van der Waals surface area contributed by atoms with Gasteiger partial charge in [-0.05, 0) is 37.0 Å². The molecule has 1 rings (SSSR count). The molecule has 0 heterocycles. The van der Waals surface area contributed by atoms with Crippen LogP contribution in [-0.2, 0) is 4.74 Å². The first kappa shape index (κ1) is 11.0. The predicted molar refractivity (Wildman–Crippen MR) is 56.8 cm³/mol. The van der Waals surface area contributed by atoms with Gasteiger partial charge in [-0.1, -0.05) is 26.7 Å². The molecule has 0 amide bonds. The van der Waals surface area contributed by atoms with Crippen LogP contribution in [-0.4, -0.2) is 13.7 Å². The summed E-state index contributed by atoms with van der Waals surface area (Å²) in [6.45, 7) is 5.71. The van der Waals surface area contributed by atoms with E-state index in [1.807, 2.05) is 0 Å². The van der Waals surface area contributed by atoms with E-state index in [0.29, 0.717) is 0 Å². The minimum absolute atomic E-state index is 0.937. The van der Waals surface area contributed by atoms with Gasteiger partial charge in [0.25, 0.3) is 0 Å². The Hall–Kier alpha value is -0.0400. The van der Waals surface area contributed by atoms with E-state index in [9.17, 15) is 0 Å². The summed E-state index contributed by atoms with van der Waals surface area (Å²) >= 11 is 0. The molecule has 0 aromatic rings. The molecule has 0 bridgehead atoms. The summed E-state index contributed by atoms with van der Waals surface area (Å²) in [7, 11) is 1.79. The summed E-state index contributed by atoms with van der Waals surface area (Å²) in [5, 5.41) is 0. The van der Waals surface area contributed by atoms with E-state index in [0.717, 1.165) is 24.4 Å². The van der Waals surface area contributed by atoms with Gasteiger partial charge in [-0.3, -0.25) is 0 Å². The molecule has 1 aliphatic carbocycles. The Kier molecular flexibility index (Phi) is 4.79. The fourth-order valence-electron chi connectivity index (χ4n) is 2.10. The Morgan fingerprint density at radius 3 is 2.62 bits per heavy atom. The molecule has 3 unspecified atom stereocenters. The number of rotatable bonds is 7. The van der Waals surface area contributed by atoms with Crippen LogP contribution in [0.5, 0.6) is 0 Å². The van der Waals surface area contributed by atoms with E-state index in [-0.39, 0.29) is 0 Å². The summed E-state index contributed by atoms with van der Waals surface area (Å²) in [6, 6.07) is 0. The molecule has 3 atom stereocenters. The minimum Gasteiger partial charge on any atom is -0.385 e. The normalized spacial score (nSPS) is 28.8. The van der Waals surface area contributed by atoms with Gasteiger partial charge >= 0.3 is 0 Å². The fraction of sp³-hybridized carbons (Fsp3) is 1.00. The highest BCUT2D eigenvalue weighted by molar-refractivity contribution is 4.83. The zero-order chi connectivity index (χ0) is 9.68. The summed E-state index contributed by atoms with van der Waals surface area (Å²) in [5.41, 5.74) is 0. The standard InChI is InChI=1S/C12H24O/c1-10(6-4-5-7-13-3)8-12-9-11(12)2/h10-12H,4-9H2,1-3H3. The van der Waals surface area contributed by atoms with Crippen molar-refractivity contribution in [3.63, 3.8) is 0 Å². The van der Waals surface area contributed by atoms with Crippen LogP contribution in [0.3, 0.4) is 0 Å². The molecule has 0 aromatic carbocycles. The van der Waals surface area contributed by atoms with Crippen molar-refractivity contribution >= 4 is 0 Å². The summed E-state index contributed by atoms with van der Waals surface area (Å²) in [6.07, 6.45) is 6.93. The molecule has 0 spiro atoms. The van der Waals surface area contributed by atoms with Gasteiger partial charge in [0.05, 0.1) is 0 Å². The molecule has 0 N–H and O–H groups in total. The SMILES string of the molecule is COCCCCC(C)CC1CC1C. The highest BCUT2D eigenvalue weighted by Gasteiger charge is 2.32. The smallest absolute Gasteiger partial charge is 0.0462 e. The molecular formula is C12H24O. The molecule has 0 aromatic heterocycles. The predicted octanol–water partition coefficient (Wildman–Crippen LogP) is 3.49. The lowest BCUT2D eigenvalue weighted by Gasteiger charge is -2.10. The van der Waals surface area contributed by atoms with Crippen molar-refractivity contribution in [2.75, 3.05) is 13.7 Å². The topological polar surface area (TPSA) is 9.23 Å². The van der Waals surface area contributed by atoms with E-state index in [2.05, 4.69) is 13.8 Å². The summed E-state index contributed by atoms with van der Waals surface area (Å²) < 4.78 is 5.03. The Morgan fingerprint density at radius 2 is 2.08 bits per heavy atom. The first-order chi connectivity index (χ1) is 6.24. The monoisotopic (exact) mass is 184 g/mol. The quantitative estimate of drug-likeness (QED) is 0.550. The molecule has 13 heavy (non-hydrogen) atoms. The van der Waals surface area contributed by atoms with Gasteiger partial charge in [0.1, 0.15) is 0 Å². The first-order valence-corrected chi connectivity index (χ1v) is 5.73. The van der Waals surface area contributed by atoms with Crippen LogP contribution in [0.25, 0.3) is 0 Å². The van der Waals surface area contributed by atoms with Crippen LogP contribution >= 0.6 is 0 Å². The van der Waals surface area contributed by atoms with Crippen LogP contribution in [0.2, 0.25) is 0 Å². The molecular weight excluding hydrogens is 160 g/mol. The van der Waals surface area contributed by atoms with Crippen molar-refractivity contribution in [3.05, 3.63) is 0 Å². The maximum absolute atomic E-state index is 5.03. The number of hydrogen-bond acceptors (Lipinski definition) is 1. The van der Waals surface area contributed by atoms with Gasteiger partial charge < -0.3 is 4.74 Å². The van der Waals surface area contributed by atoms with Crippen LogP contribution in [0.15, 0.2) is 0 Å². The third-order valence-electron chi connectivity index (χ3n) is 3.28. The number of unbranched alkanes of at least 4 members (excludes halogenated alkanes) is 1. The van der Waals surface area contributed by atoms with Gasteiger partial charge in [-0.25, -0.2) is 0 Å². The Balaban J connectivity index is 1.89. The third-order valence-corrected chi connectivity index (χ3v) is 3.28. The first-order valence-electron chi connectivity index (χ1n) is 5.73. The Labute approximate surface area is 82.9 Å². The van der Waals surface area contributed by atoms with Crippen molar-refractivity contribution in [2.45, 2.75) is 46.0 Å². The van der Waals surface area contributed by atoms with Crippen LogP contribution in [0, 0.1) is 17.8 Å². The lowest BCUT2D eigenvalue weighted by atomic mass is 9.97. The van der Waals surface area contributed by atoms with Crippen molar-refractivity contribution in [1.82, 2.24) is 0 Å². The van der Waals surface area contributed by atoms with Gasteiger partial charge in [0, 0.05) is 13.7 Å². The van der Waals surface area contributed by atoms with Crippen LogP contribution in [0.1, 0.15) is 46.0 Å². The van der Waals surface area contributed by atoms with Crippen molar-refractivity contribution in [2.24, 2.45) is 17.8 Å². The van der Waals surface area contributed by atoms with Crippen molar-refractivity contribution < 1.29 is 4.74 Å². The number of ether oxygens (including phenoxy) is 1. The average molecular weight is 184 g/mol. The Bertz CT molecular complexity index is 133. The zero-order valence-electron chi connectivity index (χ0n) is 9.38. The number of hydrogen-bond donors (Lipinski definition) is 0. The second kappa shape index (κ2) is 5.64. The second-order valence-corrected chi connectivity index (χ2v) is 4.80. The molecule has 0 radical (unpaired) electrons. The molecule has 0 aliphatic heterocycles. The molecule has 1 nitrogen and oxygen atoms in total. The van der Waals surface area contributed by atoms with E-state index >= 15 is 0 Å². The molecule has 0 saturated heterocycles. The van der Waals surface area contributed by atoms with Crippen molar-refractivity contribution in [1.29, 1.82) is 0 Å². The van der Waals surface area contributed by atoms with Gasteiger partial charge in [0.15, 0.2) is 0 Å². The fourth-order valence-corrected chi connectivity index (χ4v) is 2.10. The molecule has 1 fully saturated rings. The van der Waals surface area contributed by atoms with E-state index in [1.54, 1.807) is 7.11 Å². The van der Waals surface area contributed by atoms with E-state index < -0.39 is 0 Å². The largest absolute Gasteiger partial charge is 0.385 e. The molecule has 1 heteroatoms. The average Bonchev–Trinajstić information content (AvgIpc) is 2.76. The highest BCUT2D eigenvalue weighted by atomic mass is 16.5. The van der Waals surface area contributed by atoms with E-state index in [4.69, 9.17) is 4.74 Å². The van der Waals surface area contributed by atoms with Crippen LogP contribution < -0.4 is 0 Å².